The molecule has 1 aromatic carbocycles. The standard InChI is InChI=1S/C17H14N6/c18-11-14-3-1-2-4-15(14)22-17-20-10-7-16(23-17)21-12-13-5-8-19-9-6-13/h1-10H,12H2,(H2,20,21,22,23). The minimum atomic E-state index is 0.437. The molecule has 2 N–H and O–H groups in total. The Morgan fingerprint density at radius 2 is 1.83 bits per heavy atom. The molecule has 23 heavy (non-hydrogen) atoms. The van der Waals surface area contributed by atoms with E-state index in [0.29, 0.717) is 29.6 Å². The van der Waals surface area contributed by atoms with Gasteiger partial charge in [-0.15, -0.1) is 0 Å². The minimum Gasteiger partial charge on any atom is -0.366 e. The zero-order valence-corrected chi connectivity index (χ0v) is 12.3. The summed E-state index contributed by atoms with van der Waals surface area (Å²) in [6.07, 6.45) is 5.17. The number of rotatable bonds is 5. The van der Waals surface area contributed by atoms with Crippen LogP contribution in [-0.2, 0) is 6.54 Å². The third-order valence-corrected chi connectivity index (χ3v) is 3.17. The van der Waals surface area contributed by atoms with Crippen LogP contribution in [0.15, 0.2) is 61.1 Å². The third-order valence-electron chi connectivity index (χ3n) is 3.17. The lowest BCUT2D eigenvalue weighted by Gasteiger charge is -2.09. The molecule has 0 saturated heterocycles. The van der Waals surface area contributed by atoms with Gasteiger partial charge in [-0.3, -0.25) is 4.98 Å². The molecule has 0 bridgehead atoms. The molecule has 2 aromatic heterocycles. The molecule has 0 unspecified atom stereocenters. The van der Waals surface area contributed by atoms with Crippen molar-refractivity contribution in [3.63, 3.8) is 0 Å². The second-order valence-electron chi connectivity index (χ2n) is 4.76. The quantitative estimate of drug-likeness (QED) is 0.753. The van der Waals surface area contributed by atoms with E-state index in [4.69, 9.17) is 5.26 Å². The zero-order chi connectivity index (χ0) is 15.9. The van der Waals surface area contributed by atoms with Crippen LogP contribution in [0.2, 0.25) is 0 Å². The van der Waals surface area contributed by atoms with Crippen LogP contribution in [0.3, 0.4) is 0 Å². The Hall–Kier alpha value is -3.46. The molecule has 6 heteroatoms. The first-order valence-corrected chi connectivity index (χ1v) is 7.07. The van der Waals surface area contributed by atoms with E-state index in [1.165, 1.54) is 0 Å². The van der Waals surface area contributed by atoms with Crippen molar-refractivity contribution in [1.82, 2.24) is 15.0 Å². The van der Waals surface area contributed by atoms with Crippen LogP contribution < -0.4 is 10.6 Å². The molecule has 0 spiro atoms. The Morgan fingerprint density at radius 1 is 1.00 bits per heavy atom. The summed E-state index contributed by atoms with van der Waals surface area (Å²) in [6, 6.07) is 15.0. The number of pyridine rings is 1. The predicted octanol–water partition coefficient (Wildman–Crippen LogP) is 3.10. The molecular formula is C17H14N6. The van der Waals surface area contributed by atoms with Crippen LogP contribution in [0.25, 0.3) is 0 Å². The van der Waals surface area contributed by atoms with Crippen molar-refractivity contribution in [1.29, 1.82) is 5.26 Å². The van der Waals surface area contributed by atoms with Gasteiger partial charge >= 0.3 is 0 Å². The van der Waals surface area contributed by atoms with Gasteiger partial charge < -0.3 is 10.6 Å². The summed E-state index contributed by atoms with van der Waals surface area (Å²) in [5.41, 5.74) is 2.34. The van der Waals surface area contributed by atoms with E-state index in [0.717, 1.165) is 5.56 Å². The molecule has 0 aliphatic carbocycles. The summed E-state index contributed by atoms with van der Waals surface area (Å²) >= 11 is 0. The molecule has 112 valence electrons. The van der Waals surface area contributed by atoms with Gasteiger partial charge in [0, 0.05) is 25.1 Å². The highest BCUT2D eigenvalue weighted by Gasteiger charge is 2.04. The number of nitrogens with zero attached hydrogens (tertiary/aromatic N) is 4. The lowest BCUT2D eigenvalue weighted by atomic mass is 10.2. The smallest absolute Gasteiger partial charge is 0.229 e. The second-order valence-corrected chi connectivity index (χ2v) is 4.76. The first-order chi connectivity index (χ1) is 11.3. The molecule has 0 aliphatic heterocycles. The van der Waals surface area contributed by atoms with Gasteiger partial charge in [-0.2, -0.15) is 10.2 Å². The van der Waals surface area contributed by atoms with Crippen LogP contribution in [0.5, 0.6) is 0 Å². The number of anilines is 3. The summed E-state index contributed by atoms with van der Waals surface area (Å²) in [7, 11) is 0. The molecule has 2 heterocycles. The molecule has 0 amide bonds. The van der Waals surface area contributed by atoms with Crippen molar-refractivity contribution in [3.05, 3.63) is 72.2 Å². The fourth-order valence-corrected chi connectivity index (χ4v) is 2.02. The highest BCUT2D eigenvalue weighted by atomic mass is 15.1. The molecule has 0 radical (unpaired) electrons. The Kier molecular flexibility index (Phi) is 4.41. The van der Waals surface area contributed by atoms with Gasteiger partial charge in [0.25, 0.3) is 0 Å². The van der Waals surface area contributed by atoms with E-state index < -0.39 is 0 Å². The van der Waals surface area contributed by atoms with E-state index in [-0.39, 0.29) is 0 Å². The monoisotopic (exact) mass is 302 g/mol. The Bertz CT molecular complexity index is 826. The summed E-state index contributed by atoms with van der Waals surface area (Å²) in [6.45, 7) is 0.647. The number of para-hydroxylation sites is 1. The van der Waals surface area contributed by atoms with Gasteiger partial charge in [0.05, 0.1) is 11.3 Å². The average Bonchev–Trinajstić information content (AvgIpc) is 2.62. The molecule has 0 fully saturated rings. The van der Waals surface area contributed by atoms with E-state index in [9.17, 15) is 0 Å². The second kappa shape index (κ2) is 7.00. The normalized spacial score (nSPS) is 9.87. The van der Waals surface area contributed by atoms with Crippen molar-refractivity contribution in [2.24, 2.45) is 0 Å². The van der Waals surface area contributed by atoms with Crippen LogP contribution in [-0.4, -0.2) is 15.0 Å². The minimum absolute atomic E-state index is 0.437. The molecule has 3 rings (SSSR count). The van der Waals surface area contributed by atoms with Crippen LogP contribution in [0, 0.1) is 11.3 Å². The van der Waals surface area contributed by atoms with Crippen molar-refractivity contribution >= 4 is 17.5 Å². The van der Waals surface area contributed by atoms with Gasteiger partial charge in [0.1, 0.15) is 11.9 Å². The first kappa shape index (κ1) is 14.5. The van der Waals surface area contributed by atoms with Gasteiger partial charge in [-0.1, -0.05) is 12.1 Å². The fraction of sp³-hybridized carbons (Fsp3) is 0.0588. The maximum absolute atomic E-state index is 9.11. The number of nitrogens with one attached hydrogen (secondary N) is 2. The highest BCUT2D eigenvalue weighted by Crippen LogP contribution is 2.18. The number of aromatic nitrogens is 3. The Labute approximate surface area is 133 Å². The number of benzene rings is 1. The number of nitriles is 1. The topological polar surface area (TPSA) is 86.5 Å². The van der Waals surface area contributed by atoms with Crippen LogP contribution >= 0.6 is 0 Å². The maximum atomic E-state index is 9.11. The molecule has 3 aromatic rings. The summed E-state index contributed by atoms with van der Waals surface area (Å²) < 4.78 is 0. The lowest BCUT2D eigenvalue weighted by Crippen LogP contribution is -2.04. The van der Waals surface area contributed by atoms with E-state index >= 15 is 0 Å². The van der Waals surface area contributed by atoms with Gasteiger partial charge in [-0.25, -0.2) is 4.98 Å². The molecule has 6 nitrogen and oxygen atoms in total. The molecule has 0 saturated carbocycles. The predicted molar refractivity (Wildman–Crippen MR) is 88.0 cm³/mol. The summed E-state index contributed by atoms with van der Waals surface area (Å²) in [5.74, 6) is 1.14. The summed E-state index contributed by atoms with van der Waals surface area (Å²) in [5, 5.41) is 15.4. The number of hydrogen-bond donors (Lipinski definition) is 2. The molecule has 0 atom stereocenters. The Balaban J connectivity index is 1.71. The van der Waals surface area contributed by atoms with Crippen molar-refractivity contribution < 1.29 is 0 Å². The number of hydrogen-bond acceptors (Lipinski definition) is 6. The third kappa shape index (κ3) is 3.80. The fourth-order valence-electron chi connectivity index (χ4n) is 2.02. The van der Waals surface area contributed by atoms with Crippen molar-refractivity contribution in [3.8, 4) is 6.07 Å². The van der Waals surface area contributed by atoms with Gasteiger partial charge in [-0.05, 0) is 35.9 Å². The van der Waals surface area contributed by atoms with Gasteiger partial charge in [0.15, 0.2) is 0 Å². The van der Waals surface area contributed by atoms with Crippen LogP contribution in [0.1, 0.15) is 11.1 Å². The highest BCUT2D eigenvalue weighted by molar-refractivity contribution is 5.63. The Morgan fingerprint density at radius 3 is 2.65 bits per heavy atom. The lowest BCUT2D eigenvalue weighted by molar-refractivity contribution is 1.07. The average molecular weight is 302 g/mol. The molecule has 0 aliphatic rings. The van der Waals surface area contributed by atoms with Crippen LogP contribution in [0.4, 0.5) is 17.5 Å². The largest absolute Gasteiger partial charge is 0.366 e. The van der Waals surface area contributed by atoms with E-state index in [2.05, 4.69) is 31.7 Å². The zero-order valence-electron chi connectivity index (χ0n) is 12.3. The SMILES string of the molecule is N#Cc1ccccc1Nc1nccc(NCc2ccncc2)n1. The summed E-state index contributed by atoms with van der Waals surface area (Å²) in [4.78, 5) is 12.6. The van der Waals surface area contributed by atoms with E-state index in [1.807, 2.05) is 30.3 Å². The first-order valence-electron chi connectivity index (χ1n) is 7.07. The van der Waals surface area contributed by atoms with Crippen molar-refractivity contribution in [2.45, 2.75) is 6.54 Å². The molecular weight excluding hydrogens is 288 g/mol. The van der Waals surface area contributed by atoms with Gasteiger partial charge in [0.2, 0.25) is 5.95 Å². The van der Waals surface area contributed by atoms with E-state index in [1.54, 1.807) is 30.7 Å². The van der Waals surface area contributed by atoms with Crippen molar-refractivity contribution in [2.75, 3.05) is 10.6 Å². The maximum Gasteiger partial charge on any atom is 0.229 e.